The molecule has 0 amide bonds. The van der Waals surface area contributed by atoms with Gasteiger partial charge in [0.1, 0.15) is 5.75 Å². The molecular formula is C23H39IN4O. The first-order valence-corrected chi connectivity index (χ1v) is 11.0. The molecule has 1 aromatic rings. The Bertz CT molecular complexity index is 608. The van der Waals surface area contributed by atoms with Gasteiger partial charge in [-0.25, -0.2) is 0 Å². The Balaban J connectivity index is 0.00000300. The summed E-state index contributed by atoms with van der Waals surface area (Å²) in [4.78, 5) is 7.16. The maximum absolute atomic E-state index is 5.24. The first kappa shape index (κ1) is 24.3. The van der Waals surface area contributed by atoms with E-state index in [0.29, 0.717) is 12.0 Å². The summed E-state index contributed by atoms with van der Waals surface area (Å²) in [5, 5.41) is 7.15. The maximum Gasteiger partial charge on any atom is 0.191 e. The highest BCUT2D eigenvalue weighted by atomic mass is 127. The van der Waals surface area contributed by atoms with Gasteiger partial charge in [-0.15, -0.1) is 24.0 Å². The standard InChI is InChI=1S/C23H38N4O.HI/c1-18(19-8-10-22(28-3)11-9-19)12-15-25-23(24-2)26-20-13-16-27(17-14-20)21-6-4-5-7-21;/h8-11,18,20-21H,4-7,12-17H2,1-3H3,(H2,24,25,26);1H. The van der Waals surface area contributed by atoms with Gasteiger partial charge >= 0.3 is 0 Å². The molecule has 2 aliphatic rings. The van der Waals surface area contributed by atoms with Gasteiger partial charge in [0.25, 0.3) is 0 Å². The van der Waals surface area contributed by atoms with Gasteiger partial charge in [-0.05, 0) is 55.7 Å². The summed E-state index contributed by atoms with van der Waals surface area (Å²) in [5.41, 5.74) is 1.35. The average molecular weight is 514 g/mol. The molecule has 0 aromatic heterocycles. The van der Waals surface area contributed by atoms with Crippen molar-refractivity contribution in [2.45, 2.75) is 69.9 Å². The van der Waals surface area contributed by atoms with Gasteiger partial charge in [0.05, 0.1) is 7.11 Å². The highest BCUT2D eigenvalue weighted by Crippen LogP contribution is 2.26. The molecule has 164 valence electrons. The van der Waals surface area contributed by atoms with Crippen molar-refractivity contribution in [3.63, 3.8) is 0 Å². The van der Waals surface area contributed by atoms with Gasteiger partial charge in [-0.3, -0.25) is 4.99 Å². The number of guanidine groups is 1. The molecule has 0 spiro atoms. The fourth-order valence-corrected chi connectivity index (χ4v) is 4.57. The molecule has 1 saturated heterocycles. The molecule has 1 aliphatic carbocycles. The van der Waals surface area contributed by atoms with Gasteiger partial charge in [0, 0.05) is 38.8 Å². The Labute approximate surface area is 194 Å². The number of nitrogens with one attached hydrogen (secondary N) is 2. The normalized spacial score (nSPS) is 20.2. The Kier molecular flexibility index (Phi) is 10.6. The minimum Gasteiger partial charge on any atom is -0.497 e. The molecule has 5 nitrogen and oxygen atoms in total. The van der Waals surface area contributed by atoms with E-state index < -0.39 is 0 Å². The second kappa shape index (κ2) is 12.6. The number of aliphatic imine (C=N–C) groups is 1. The molecule has 1 saturated carbocycles. The van der Waals surface area contributed by atoms with E-state index in [1.165, 1.54) is 57.2 Å². The largest absolute Gasteiger partial charge is 0.497 e. The number of nitrogens with zero attached hydrogens (tertiary/aromatic N) is 2. The minimum atomic E-state index is 0. The van der Waals surface area contributed by atoms with Crippen LogP contribution in [0.5, 0.6) is 5.75 Å². The minimum absolute atomic E-state index is 0. The van der Waals surface area contributed by atoms with Crippen molar-refractivity contribution in [3.05, 3.63) is 29.8 Å². The van der Waals surface area contributed by atoms with E-state index in [9.17, 15) is 0 Å². The van der Waals surface area contributed by atoms with Gasteiger partial charge in [0.2, 0.25) is 0 Å². The van der Waals surface area contributed by atoms with Crippen molar-refractivity contribution in [2.24, 2.45) is 4.99 Å². The van der Waals surface area contributed by atoms with Crippen LogP contribution in [0.4, 0.5) is 0 Å². The lowest BCUT2D eigenvalue weighted by molar-refractivity contribution is 0.150. The number of benzene rings is 1. The van der Waals surface area contributed by atoms with E-state index in [2.05, 4.69) is 39.6 Å². The Hall–Kier alpha value is -1.02. The molecule has 0 bridgehead atoms. The zero-order chi connectivity index (χ0) is 19.8. The van der Waals surface area contributed by atoms with E-state index in [0.717, 1.165) is 30.7 Å². The average Bonchev–Trinajstić information content (AvgIpc) is 3.28. The zero-order valence-corrected chi connectivity index (χ0v) is 20.7. The van der Waals surface area contributed by atoms with E-state index in [1.807, 2.05) is 19.2 Å². The molecule has 1 unspecified atom stereocenters. The number of methoxy groups -OCH3 is 1. The summed E-state index contributed by atoms with van der Waals surface area (Å²) < 4.78 is 5.24. The summed E-state index contributed by atoms with van der Waals surface area (Å²) in [6.07, 6.45) is 9.19. The Morgan fingerprint density at radius 3 is 2.38 bits per heavy atom. The zero-order valence-electron chi connectivity index (χ0n) is 18.3. The number of ether oxygens (including phenoxy) is 1. The number of hydrogen-bond acceptors (Lipinski definition) is 3. The highest BCUT2D eigenvalue weighted by molar-refractivity contribution is 14.0. The van der Waals surface area contributed by atoms with E-state index >= 15 is 0 Å². The topological polar surface area (TPSA) is 48.9 Å². The molecule has 2 N–H and O–H groups in total. The third-order valence-electron chi connectivity index (χ3n) is 6.49. The van der Waals surface area contributed by atoms with Crippen LogP contribution in [0.25, 0.3) is 0 Å². The van der Waals surface area contributed by atoms with E-state index in [1.54, 1.807) is 7.11 Å². The van der Waals surface area contributed by atoms with Crippen molar-refractivity contribution < 1.29 is 4.74 Å². The van der Waals surface area contributed by atoms with Gasteiger partial charge in [-0.2, -0.15) is 0 Å². The summed E-state index contributed by atoms with van der Waals surface area (Å²) in [7, 11) is 3.58. The highest BCUT2D eigenvalue weighted by Gasteiger charge is 2.27. The third-order valence-corrected chi connectivity index (χ3v) is 6.49. The van der Waals surface area contributed by atoms with Crippen LogP contribution in [0, 0.1) is 0 Å². The lowest BCUT2D eigenvalue weighted by Gasteiger charge is -2.36. The van der Waals surface area contributed by atoms with E-state index in [4.69, 9.17) is 4.74 Å². The summed E-state index contributed by atoms with van der Waals surface area (Å²) in [5.74, 6) is 2.37. The number of likely N-dealkylation sites (tertiary alicyclic amines) is 1. The smallest absolute Gasteiger partial charge is 0.191 e. The first-order chi connectivity index (χ1) is 13.7. The van der Waals surface area contributed by atoms with Crippen LogP contribution >= 0.6 is 24.0 Å². The van der Waals surface area contributed by atoms with Crippen LogP contribution in [-0.4, -0.2) is 56.7 Å². The fraction of sp³-hybridized carbons (Fsp3) is 0.696. The molecular weight excluding hydrogens is 475 g/mol. The Morgan fingerprint density at radius 2 is 1.79 bits per heavy atom. The number of halogens is 1. The monoisotopic (exact) mass is 514 g/mol. The molecule has 1 heterocycles. The second-order valence-corrected chi connectivity index (χ2v) is 8.35. The molecule has 6 heteroatoms. The van der Waals surface area contributed by atoms with Crippen molar-refractivity contribution in [1.82, 2.24) is 15.5 Å². The molecule has 1 atom stereocenters. The Morgan fingerprint density at radius 1 is 1.14 bits per heavy atom. The fourth-order valence-electron chi connectivity index (χ4n) is 4.57. The lowest BCUT2D eigenvalue weighted by atomic mass is 9.98. The second-order valence-electron chi connectivity index (χ2n) is 8.35. The van der Waals surface area contributed by atoms with Crippen molar-refractivity contribution in [3.8, 4) is 5.75 Å². The number of hydrogen-bond donors (Lipinski definition) is 2. The predicted octanol–water partition coefficient (Wildman–Crippen LogP) is 4.38. The summed E-state index contributed by atoms with van der Waals surface area (Å²) in [6.45, 7) is 5.66. The number of piperidine rings is 1. The molecule has 1 aliphatic heterocycles. The van der Waals surface area contributed by atoms with Crippen molar-refractivity contribution in [1.29, 1.82) is 0 Å². The predicted molar refractivity (Wildman–Crippen MR) is 133 cm³/mol. The van der Waals surface area contributed by atoms with Crippen LogP contribution in [0.3, 0.4) is 0 Å². The third kappa shape index (κ3) is 7.31. The van der Waals surface area contributed by atoms with Crippen molar-refractivity contribution in [2.75, 3.05) is 33.8 Å². The molecule has 29 heavy (non-hydrogen) atoms. The van der Waals surface area contributed by atoms with Gasteiger partial charge in [0.15, 0.2) is 5.96 Å². The van der Waals surface area contributed by atoms with Gasteiger partial charge < -0.3 is 20.3 Å². The first-order valence-electron chi connectivity index (χ1n) is 11.0. The van der Waals surface area contributed by atoms with Crippen LogP contribution in [-0.2, 0) is 0 Å². The van der Waals surface area contributed by atoms with E-state index in [-0.39, 0.29) is 24.0 Å². The SMILES string of the molecule is CN=C(NCCC(C)c1ccc(OC)cc1)NC1CCN(C2CCCC2)CC1.I. The van der Waals surface area contributed by atoms with Crippen LogP contribution in [0.2, 0.25) is 0 Å². The maximum atomic E-state index is 5.24. The quantitative estimate of drug-likeness (QED) is 0.322. The molecule has 3 rings (SSSR count). The molecule has 0 radical (unpaired) electrons. The lowest BCUT2D eigenvalue weighted by Crippen LogP contribution is -2.50. The van der Waals surface area contributed by atoms with Crippen LogP contribution in [0.1, 0.15) is 63.4 Å². The molecule has 2 fully saturated rings. The number of rotatable bonds is 7. The van der Waals surface area contributed by atoms with Crippen LogP contribution < -0.4 is 15.4 Å². The van der Waals surface area contributed by atoms with Crippen molar-refractivity contribution >= 4 is 29.9 Å². The molecule has 1 aromatic carbocycles. The van der Waals surface area contributed by atoms with Crippen LogP contribution in [0.15, 0.2) is 29.3 Å². The summed E-state index contributed by atoms with van der Waals surface area (Å²) in [6, 6.07) is 9.80. The summed E-state index contributed by atoms with van der Waals surface area (Å²) >= 11 is 0. The van der Waals surface area contributed by atoms with Gasteiger partial charge in [-0.1, -0.05) is 31.9 Å².